The number of amides is 1. The van der Waals surface area contributed by atoms with Crippen LogP contribution in [0, 0.1) is 12.3 Å². The van der Waals surface area contributed by atoms with Crippen LogP contribution in [0.3, 0.4) is 0 Å². The van der Waals surface area contributed by atoms with Crippen LogP contribution in [0.4, 0.5) is 0 Å². The molecule has 5 heteroatoms. The maximum Gasteiger partial charge on any atom is 0.229 e. The average Bonchev–Trinajstić information content (AvgIpc) is 3.40. The Morgan fingerprint density at radius 1 is 1.32 bits per heavy atom. The molecule has 1 aliphatic carbocycles. The zero-order chi connectivity index (χ0) is 18.0. The van der Waals surface area contributed by atoms with Gasteiger partial charge >= 0.3 is 0 Å². The van der Waals surface area contributed by atoms with E-state index in [2.05, 4.69) is 28.3 Å². The summed E-state index contributed by atoms with van der Waals surface area (Å²) in [5.41, 5.74) is 1.78. The van der Waals surface area contributed by atoms with Gasteiger partial charge in [-0.2, -0.15) is 0 Å². The van der Waals surface area contributed by atoms with Crippen LogP contribution in [0.2, 0.25) is 0 Å². The van der Waals surface area contributed by atoms with Gasteiger partial charge in [0.2, 0.25) is 11.8 Å². The number of aromatic nitrogens is 1. The van der Waals surface area contributed by atoms with Crippen LogP contribution in [0.1, 0.15) is 56.6 Å². The molecule has 0 spiro atoms. The lowest BCUT2D eigenvalue weighted by molar-refractivity contribution is -0.131. The number of ether oxygens (including phenoxy) is 1. The highest BCUT2D eigenvalue weighted by atomic mass is 16.5. The number of pyridine rings is 1. The summed E-state index contributed by atoms with van der Waals surface area (Å²) in [6.07, 6.45) is 6.49. The molecule has 0 radical (unpaired) electrons. The van der Waals surface area contributed by atoms with E-state index >= 15 is 0 Å². The van der Waals surface area contributed by atoms with E-state index in [0.717, 1.165) is 31.5 Å². The van der Waals surface area contributed by atoms with Crippen LogP contribution in [0.5, 0.6) is 5.88 Å². The lowest BCUT2D eigenvalue weighted by Gasteiger charge is -2.32. The molecule has 2 fully saturated rings. The van der Waals surface area contributed by atoms with Gasteiger partial charge in [0.15, 0.2) is 0 Å². The highest BCUT2D eigenvalue weighted by molar-refractivity contribution is 5.82. The highest BCUT2D eigenvalue weighted by Gasteiger charge is 2.31. The third kappa shape index (κ3) is 4.72. The molecule has 1 amide bonds. The Morgan fingerprint density at radius 3 is 2.60 bits per heavy atom. The number of carbonyl (C=O) groups is 1. The minimum absolute atomic E-state index is 0.0642. The largest absolute Gasteiger partial charge is 0.476 e. The zero-order valence-corrected chi connectivity index (χ0v) is 16.0. The van der Waals surface area contributed by atoms with Crippen molar-refractivity contribution >= 4 is 5.91 Å². The summed E-state index contributed by atoms with van der Waals surface area (Å²) in [5.74, 6) is 1.40. The lowest BCUT2D eigenvalue weighted by Crippen LogP contribution is -2.49. The molecule has 2 heterocycles. The molecule has 1 aromatic heterocycles. The average molecular weight is 345 g/mol. The molecule has 3 rings (SSSR count). The van der Waals surface area contributed by atoms with Gasteiger partial charge in [-0.1, -0.05) is 0 Å². The van der Waals surface area contributed by atoms with Gasteiger partial charge in [0.25, 0.3) is 0 Å². The molecule has 0 unspecified atom stereocenters. The first-order valence-electron chi connectivity index (χ1n) is 9.44. The first kappa shape index (κ1) is 18.2. The lowest BCUT2D eigenvalue weighted by atomic mass is 9.92. The number of hydrogen-bond donors (Lipinski definition) is 1. The van der Waals surface area contributed by atoms with Gasteiger partial charge in [0.1, 0.15) is 6.61 Å². The van der Waals surface area contributed by atoms with E-state index in [1.54, 1.807) is 0 Å². The van der Waals surface area contributed by atoms with Gasteiger partial charge in [-0.25, -0.2) is 4.98 Å². The van der Waals surface area contributed by atoms with Crippen molar-refractivity contribution in [2.24, 2.45) is 5.41 Å². The predicted molar refractivity (Wildman–Crippen MR) is 98.9 cm³/mol. The minimum atomic E-state index is -0.577. The summed E-state index contributed by atoms with van der Waals surface area (Å²) in [7, 11) is 2.12. The summed E-state index contributed by atoms with van der Waals surface area (Å²) in [5, 5.41) is 3.20. The van der Waals surface area contributed by atoms with Crippen molar-refractivity contribution in [2.45, 2.75) is 58.4 Å². The van der Waals surface area contributed by atoms with Crippen molar-refractivity contribution in [3.63, 3.8) is 0 Å². The minimum Gasteiger partial charge on any atom is -0.476 e. The predicted octanol–water partition coefficient (Wildman–Crippen LogP) is 2.88. The van der Waals surface area contributed by atoms with Crippen LogP contribution in [0.25, 0.3) is 0 Å². The standard InChI is InChI=1S/C20H31N3O2/c1-14-11-16(15-5-6-15)12-21-18(14)25-13-20(2,3)19(24)22-17-7-9-23(4)10-8-17/h11-12,15,17H,5-10,13H2,1-4H3,(H,22,24). The number of aryl methyl sites for hydroxylation is 1. The molecule has 1 saturated heterocycles. The summed E-state index contributed by atoms with van der Waals surface area (Å²) in [4.78, 5) is 19.4. The molecule has 1 N–H and O–H groups in total. The molecule has 0 bridgehead atoms. The van der Waals surface area contributed by atoms with E-state index in [-0.39, 0.29) is 11.9 Å². The molecule has 0 atom stereocenters. The Hall–Kier alpha value is -1.62. The second-order valence-electron chi connectivity index (χ2n) is 8.39. The number of nitrogens with zero attached hydrogens (tertiary/aromatic N) is 2. The molecule has 1 aromatic rings. The maximum atomic E-state index is 12.6. The molecular weight excluding hydrogens is 314 g/mol. The van der Waals surface area contributed by atoms with Gasteiger partial charge in [0, 0.05) is 17.8 Å². The Morgan fingerprint density at radius 2 is 2.00 bits per heavy atom. The Bertz CT molecular complexity index is 617. The summed E-state index contributed by atoms with van der Waals surface area (Å²) in [6, 6.07) is 2.45. The number of nitrogens with one attached hydrogen (secondary N) is 1. The van der Waals surface area contributed by atoms with Crippen molar-refractivity contribution in [3.05, 3.63) is 23.4 Å². The van der Waals surface area contributed by atoms with Crippen molar-refractivity contribution in [1.29, 1.82) is 0 Å². The van der Waals surface area contributed by atoms with Gasteiger partial charge in [-0.3, -0.25) is 4.79 Å². The van der Waals surface area contributed by atoms with Crippen molar-refractivity contribution < 1.29 is 9.53 Å². The second-order valence-corrected chi connectivity index (χ2v) is 8.39. The topological polar surface area (TPSA) is 54.5 Å². The molecular formula is C20H31N3O2. The fraction of sp³-hybridized carbons (Fsp3) is 0.700. The van der Waals surface area contributed by atoms with E-state index in [0.29, 0.717) is 18.4 Å². The van der Waals surface area contributed by atoms with Crippen molar-refractivity contribution in [2.75, 3.05) is 26.7 Å². The van der Waals surface area contributed by atoms with Gasteiger partial charge in [-0.15, -0.1) is 0 Å². The Kier molecular flexibility index (Phi) is 5.32. The van der Waals surface area contributed by atoms with Crippen LogP contribution < -0.4 is 10.1 Å². The first-order chi connectivity index (χ1) is 11.8. The first-order valence-corrected chi connectivity index (χ1v) is 9.44. The monoisotopic (exact) mass is 345 g/mol. The molecule has 2 aliphatic rings. The third-order valence-corrected chi connectivity index (χ3v) is 5.34. The third-order valence-electron chi connectivity index (χ3n) is 5.34. The summed E-state index contributed by atoms with van der Waals surface area (Å²) < 4.78 is 5.90. The van der Waals surface area contributed by atoms with Crippen LogP contribution in [-0.4, -0.2) is 48.6 Å². The van der Waals surface area contributed by atoms with E-state index in [9.17, 15) is 4.79 Å². The highest BCUT2D eigenvalue weighted by Crippen LogP contribution is 2.40. The van der Waals surface area contributed by atoms with Crippen LogP contribution in [0.15, 0.2) is 12.3 Å². The number of rotatable bonds is 6. The zero-order valence-electron chi connectivity index (χ0n) is 16.0. The van der Waals surface area contributed by atoms with Crippen LogP contribution >= 0.6 is 0 Å². The number of piperidine rings is 1. The van der Waals surface area contributed by atoms with Gasteiger partial charge in [0.05, 0.1) is 5.41 Å². The second kappa shape index (κ2) is 7.32. The molecule has 5 nitrogen and oxygen atoms in total. The Labute approximate surface area is 151 Å². The molecule has 1 saturated carbocycles. The SMILES string of the molecule is Cc1cc(C2CC2)cnc1OCC(C)(C)C(=O)NC1CCN(C)CC1. The summed E-state index contributed by atoms with van der Waals surface area (Å²) in [6.45, 7) is 8.31. The van der Waals surface area contributed by atoms with E-state index < -0.39 is 5.41 Å². The van der Waals surface area contributed by atoms with E-state index in [1.165, 1.54) is 18.4 Å². The van der Waals surface area contributed by atoms with Crippen LogP contribution in [-0.2, 0) is 4.79 Å². The van der Waals surface area contributed by atoms with Gasteiger partial charge in [-0.05, 0) is 84.1 Å². The van der Waals surface area contributed by atoms with Crippen molar-refractivity contribution in [1.82, 2.24) is 15.2 Å². The fourth-order valence-corrected chi connectivity index (χ4v) is 3.22. The molecule has 0 aromatic carbocycles. The normalized spacial score (nSPS) is 19.7. The molecule has 138 valence electrons. The quantitative estimate of drug-likeness (QED) is 0.861. The smallest absolute Gasteiger partial charge is 0.229 e. The summed E-state index contributed by atoms with van der Waals surface area (Å²) >= 11 is 0. The van der Waals surface area contributed by atoms with Gasteiger partial charge < -0.3 is 15.0 Å². The molecule has 25 heavy (non-hydrogen) atoms. The Balaban J connectivity index is 1.52. The maximum absolute atomic E-state index is 12.6. The van der Waals surface area contributed by atoms with E-state index in [4.69, 9.17) is 4.74 Å². The fourth-order valence-electron chi connectivity index (χ4n) is 3.22. The van der Waals surface area contributed by atoms with E-state index in [1.807, 2.05) is 27.0 Å². The number of likely N-dealkylation sites (tertiary alicyclic amines) is 1. The van der Waals surface area contributed by atoms with Crippen molar-refractivity contribution in [3.8, 4) is 5.88 Å². The number of carbonyl (C=O) groups excluding carboxylic acids is 1. The molecule has 1 aliphatic heterocycles. The number of hydrogen-bond acceptors (Lipinski definition) is 4.